The molecule has 0 saturated heterocycles. The zero-order valence-electron chi connectivity index (χ0n) is 2.13. The molecule has 0 aromatic carbocycles. The average Bonchev–Trinajstić information content (AvgIpc) is 0.811. The summed E-state index contributed by atoms with van der Waals surface area (Å²) in [4.78, 5) is 0. The summed E-state index contributed by atoms with van der Waals surface area (Å²) in [5.41, 5.74) is 0. The van der Waals surface area contributed by atoms with Gasteiger partial charge in [-0.15, -0.1) is 12.6 Å². The molecule has 0 atom stereocenters. The van der Waals surface area contributed by atoms with Crippen molar-refractivity contribution in [2.24, 2.45) is 0 Å². The van der Waals surface area contributed by atoms with Crippen LogP contribution in [0.15, 0.2) is 0 Å². The van der Waals surface area contributed by atoms with E-state index in [9.17, 15) is 0 Å². The van der Waals surface area contributed by atoms with Crippen molar-refractivity contribution >= 4 is 24.1 Å². The van der Waals surface area contributed by atoms with Crippen LogP contribution in [0.3, 0.4) is 0 Å². The fourth-order valence-electron chi connectivity index (χ4n) is 0. The molecule has 0 amide bonds. The first-order chi connectivity index (χ1) is 1.73. The molecule has 0 saturated carbocycles. The molecule has 0 radical (unpaired) electrons. The van der Waals surface area contributed by atoms with E-state index in [1.54, 1.807) is 0 Å². The van der Waals surface area contributed by atoms with E-state index in [1.165, 1.54) is 0 Å². The van der Waals surface area contributed by atoms with Gasteiger partial charge in [0.1, 0.15) is 0 Å². The standard InChI is InChI=1S/O3S.H2S/c1-4(2)3;/h;1H2. The van der Waals surface area contributed by atoms with Gasteiger partial charge in [0, 0.05) is 0 Å². The van der Waals surface area contributed by atoms with E-state index < -0.39 is 10.6 Å². The van der Waals surface area contributed by atoms with E-state index in [4.69, 9.17) is 12.6 Å². The van der Waals surface area contributed by atoms with Crippen LogP contribution in [0.1, 0.15) is 0 Å². The molecule has 0 aliphatic heterocycles. The topological polar surface area (TPSA) is 51.2 Å². The SMILES string of the molecule is O=S(=O)=O.S. The van der Waals surface area contributed by atoms with E-state index in [0.717, 1.165) is 0 Å². The summed E-state index contributed by atoms with van der Waals surface area (Å²) in [6.45, 7) is 0. The van der Waals surface area contributed by atoms with Crippen LogP contribution >= 0.6 is 13.5 Å². The summed E-state index contributed by atoms with van der Waals surface area (Å²) >= 11 is 0. The van der Waals surface area contributed by atoms with E-state index in [-0.39, 0.29) is 13.5 Å². The molecule has 0 heterocycles. The Labute approximate surface area is 37.5 Å². The fourth-order valence-corrected chi connectivity index (χ4v) is 0. The maximum atomic E-state index is 8.44. The molecular weight excluding hydrogens is 112 g/mol. The highest BCUT2D eigenvalue weighted by Gasteiger charge is 1.40. The minimum absolute atomic E-state index is 0. The Bertz CT molecular complexity index is 74.3. The van der Waals surface area contributed by atoms with Crippen LogP contribution in [-0.2, 0) is 10.6 Å². The molecule has 0 unspecified atom stereocenters. The number of hydrogen-bond acceptors (Lipinski definition) is 3. The van der Waals surface area contributed by atoms with Crippen molar-refractivity contribution in [2.75, 3.05) is 0 Å². The van der Waals surface area contributed by atoms with Crippen LogP contribution in [0.4, 0.5) is 0 Å². The summed E-state index contributed by atoms with van der Waals surface area (Å²) in [6, 6.07) is 0. The summed E-state index contributed by atoms with van der Waals surface area (Å²) in [7, 11) is -3.11. The molecule has 32 valence electrons. The Hall–Kier alpha value is -0.0300. The van der Waals surface area contributed by atoms with Gasteiger partial charge in [0.15, 0.2) is 0 Å². The van der Waals surface area contributed by atoms with Crippen LogP contribution in [0.5, 0.6) is 0 Å². The lowest BCUT2D eigenvalue weighted by atomic mass is 15.9. The Balaban J connectivity index is 0. The first-order valence-electron chi connectivity index (χ1n) is 0.500. The van der Waals surface area contributed by atoms with Gasteiger partial charge in [-0.05, 0) is 0 Å². The first-order valence-corrected chi connectivity index (χ1v) is 1.50. The summed E-state index contributed by atoms with van der Waals surface area (Å²) in [5, 5.41) is 0. The second kappa shape index (κ2) is 3.97. The third kappa shape index (κ3) is 17100. The lowest BCUT2D eigenvalue weighted by Gasteiger charge is -1.11. The maximum Gasteiger partial charge on any atom is 0.425 e. The van der Waals surface area contributed by atoms with Crippen LogP contribution < -0.4 is 0 Å². The Morgan fingerprint density at radius 1 is 1.00 bits per heavy atom. The van der Waals surface area contributed by atoms with Gasteiger partial charge < -0.3 is 0 Å². The fraction of sp³-hybridized carbons (Fsp3) is 0. The summed E-state index contributed by atoms with van der Waals surface area (Å²) < 4.78 is 25.3. The lowest BCUT2D eigenvalue weighted by Crippen LogP contribution is -1.40. The van der Waals surface area contributed by atoms with Gasteiger partial charge in [-0.25, -0.2) is 0 Å². The zero-order valence-corrected chi connectivity index (χ0v) is 3.95. The Morgan fingerprint density at radius 3 is 1.00 bits per heavy atom. The second-order valence-corrected chi connectivity index (χ2v) is 0.612. The molecule has 0 aromatic heterocycles. The summed E-state index contributed by atoms with van der Waals surface area (Å²) in [6.07, 6.45) is 0. The molecule has 0 aliphatic carbocycles. The molecule has 0 fully saturated rings. The van der Waals surface area contributed by atoms with Crippen LogP contribution in [-0.4, -0.2) is 12.6 Å². The molecule has 0 N–H and O–H groups in total. The van der Waals surface area contributed by atoms with Gasteiger partial charge >= 0.3 is 10.6 Å². The zero-order chi connectivity index (χ0) is 3.58. The van der Waals surface area contributed by atoms with Gasteiger partial charge in [-0.3, -0.25) is 0 Å². The minimum Gasteiger partial charge on any atom is -0.197 e. The van der Waals surface area contributed by atoms with Crippen molar-refractivity contribution in [3.05, 3.63) is 0 Å². The van der Waals surface area contributed by atoms with Crippen molar-refractivity contribution in [3.63, 3.8) is 0 Å². The molecule has 5 heteroatoms. The van der Waals surface area contributed by atoms with Crippen molar-refractivity contribution in [2.45, 2.75) is 0 Å². The summed E-state index contributed by atoms with van der Waals surface area (Å²) in [5.74, 6) is 0. The third-order valence-corrected chi connectivity index (χ3v) is 0. The quantitative estimate of drug-likeness (QED) is 0.410. The predicted octanol–water partition coefficient (Wildman–Crippen LogP) is -0.891. The van der Waals surface area contributed by atoms with Crippen molar-refractivity contribution < 1.29 is 12.6 Å². The van der Waals surface area contributed by atoms with Crippen molar-refractivity contribution in [3.8, 4) is 0 Å². The van der Waals surface area contributed by atoms with E-state index in [1.807, 2.05) is 0 Å². The largest absolute Gasteiger partial charge is 0.425 e. The molecule has 0 aliphatic rings. The Morgan fingerprint density at radius 2 is 1.00 bits per heavy atom. The van der Waals surface area contributed by atoms with Gasteiger partial charge in [-0.1, -0.05) is 0 Å². The monoisotopic (exact) mass is 114 g/mol. The van der Waals surface area contributed by atoms with Gasteiger partial charge in [0.05, 0.1) is 0 Å². The van der Waals surface area contributed by atoms with Crippen molar-refractivity contribution in [1.29, 1.82) is 0 Å². The van der Waals surface area contributed by atoms with Gasteiger partial charge in [0.25, 0.3) is 0 Å². The molecular formula is H2O3S2. The molecule has 5 heavy (non-hydrogen) atoms. The van der Waals surface area contributed by atoms with E-state index in [2.05, 4.69) is 0 Å². The molecule has 0 rings (SSSR count). The third-order valence-electron chi connectivity index (χ3n) is 0. The molecule has 0 spiro atoms. The molecule has 3 nitrogen and oxygen atoms in total. The van der Waals surface area contributed by atoms with Gasteiger partial charge in [-0.2, -0.15) is 13.5 Å². The van der Waals surface area contributed by atoms with Crippen molar-refractivity contribution in [1.82, 2.24) is 0 Å². The van der Waals surface area contributed by atoms with Crippen LogP contribution in [0, 0.1) is 0 Å². The Kier molecular flexibility index (Phi) is 7.05. The molecule has 0 aromatic rings. The number of rotatable bonds is 0. The van der Waals surface area contributed by atoms with Gasteiger partial charge in [0.2, 0.25) is 0 Å². The average molecular weight is 114 g/mol. The number of hydrogen-bond donors (Lipinski definition) is 0. The minimum atomic E-state index is -3.11. The predicted molar refractivity (Wildman–Crippen MR) is 20.1 cm³/mol. The first kappa shape index (κ1) is 8.88. The second-order valence-electron chi connectivity index (χ2n) is 0.204. The lowest BCUT2D eigenvalue weighted by molar-refractivity contribution is 0.559. The van der Waals surface area contributed by atoms with E-state index in [0.29, 0.717) is 0 Å². The normalized spacial score (nSPS) is 4.80. The van der Waals surface area contributed by atoms with Crippen LogP contribution in [0.2, 0.25) is 0 Å². The highest BCUT2D eigenvalue weighted by atomic mass is 32.2. The molecule has 0 bridgehead atoms. The highest BCUT2D eigenvalue weighted by Crippen LogP contribution is 1.07. The highest BCUT2D eigenvalue weighted by molar-refractivity contribution is 7.59. The van der Waals surface area contributed by atoms with Crippen LogP contribution in [0.25, 0.3) is 0 Å². The van der Waals surface area contributed by atoms with E-state index >= 15 is 0 Å². The maximum absolute atomic E-state index is 8.44. The smallest absolute Gasteiger partial charge is 0.197 e.